The van der Waals surface area contributed by atoms with Gasteiger partial charge >= 0.3 is 6.03 Å². The van der Waals surface area contributed by atoms with E-state index in [-0.39, 0.29) is 30.3 Å². The van der Waals surface area contributed by atoms with Crippen molar-refractivity contribution in [1.82, 2.24) is 10.2 Å². The van der Waals surface area contributed by atoms with Crippen LogP contribution in [-0.4, -0.2) is 62.6 Å². The summed E-state index contributed by atoms with van der Waals surface area (Å²) in [6.45, 7) is 1.44. The number of nitrogens with one attached hydrogen (secondary N) is 2. The van der Waals surface area contributed by atoms with E-state index in [1.807, 2.05) is 30.3 Å². The van der Waals surface area contributed by atoms with Crippen LogP contribution in [0.5, 0.6) is 11.5 Å². The molecule has 2 fully saturated rings. The van der Waals surface area contributed by atoms with Gasteiger partial charge in [-0.25, -0.2) is 4.79 Å². The highest BCUT2D eigenvalue weighted by Gasteiger charge is 2.36. The Morgan fingerprint density at radius 3 is 2.35 bits per heavy atom. The van der Waals surface area contributed by atoms with Crippen molar-refractivity contribution < 1.29 is 23.9 Å². The minimum atomic E-state index is -0.417. The maximum absolute atomic E-state index is 12.9. The lowest BCUT2D eigenvalue weighted by Crippen LogP contribution is -2.49. The second kappa shape index (κ2) is 10.5. The van der Waals surface area contributed by atoms with E-state index >= 15 is 0 Å². The highest BCUT2D eigenvalue weighted by molar-refractivity contribution is 6.00. The number of likely N-dealkylation sites (tertiary alicyclic amines) is 1. The fraction of sp³-hybridized carbons (Fsp3) is 0.400. The molecule has 2 aliphatic heterocycles. The number of nitrogens with zero attached hydrogens (tertiary/aromatic N) is 2. The molecule has 0 radical (unpaired) electrons. The van der Waals surface area contributed by atoms with Crippen molar-refractivity contribution >= 4 is 29.2 Å². The Morgan fingerprint density at radius 1 is 0.971 bits per heavy atom. The summed E-state index contributed by atoms with van der Waals surface area (Å²) in [7, 11) is 3.10. The average molecular weight is 467 g/mol. The number of rotatable bonds is 6. The minimum absolute atomic E-state index is 0.0153. The third kappa shape index (κ3) is 5.24. The van der Waals surface area contributed by atoms with Gasteiger partial charge in [-0.3, -0.25) is 9.59 Å². The Hall–Kier alpha value is -3.75. The van der Waals surface area contributed by atoms with Crippen molar-refractivity contribution in [2.45, 2.75) is 25.3 Å². The van der Waals surface area contributed by atoms with Crippen LogP contribution in [0.2, 0.25) is 0 Å². The lowest BCUT2D eigenvalue weighted by atomic mass is 10.0. The molecule has 2 N–H and O–H groups in total. The number of ether oxygens (including phenoxy) is 2. The molecule has 2 saturated heterocycles. The first kappa shape index (κ1) is 23.4. The van der Waals surface area contributed by atoms with Crippen LogP contribution in [0.15, 0.2) is 48.5 Å². The molecule has 9 nitrogen and oxygen atoms in total. The van der Waals surface area contributed by atoms with Crippen LogP contribution in [-0.2, 0) is 9.59 Å². The molecular weight excluding hydrogens is 436 g/mol. The molecule has 2 aliphatic rings. The molecular formula is C25H30N4O5. The number of para-hydroxylation sites is 1. The first-order valence-electron chi connectivity index (χ1n) is 11.4. The van der Waals surface area contributed by atoms with Gasteiger partial charge in [0.2, 0.25) is 11.8 Å². The van der Waals surface area contributed by atoms with Gasteiger partial charge in [0, 0.05) is 49.5 Å². The summed E-state index contributed by atoms with van der Waals surface area (Å²) < 4.78 is 10.6. The molecule has 34 heavy (non-hydrogen) atoms. The molecule has 4 amide bonds. The Bertz CT molecular complexity index is 1040. The highest BCUT2D eigenvalue weighted by atomic mass is 16.5. The van der Waals surface area contributed by atoms with E-state index in [1.165, 1.54) is 0 Å². The highest BCUT2D eigenvalue weighted by Crippen LogP contribution is 2.34. The first-order chi connectivity index (χ1) is 16.5. The molecule has 1 unspecified atom stereocenters. The van der Waals surface area contributed by atoms with Gasteiger partial charge in [0.1, 0.15) is 0 Å². The maximum atomic E-state index is 12.9. The summed E-state index contributed by atoms with van der Waals surface area (Å²) in [5, 5.41) is 5.97. The van der Waals surface area contributed by atoms with Crippen LogP contribution in [0.1, 0.15) is 19.3 Å². The summed E-state index contributed by atoms with van der Waals surface area (Å²) in [5.41, 5.74) is 1.43. The van der Waals surface area contributed by atoms with Gasteiger partial charge in [0.05, 0.1) is 20.1 Å². The van der Waals surface area contributed by atoms with Crippen LogP contribution in [0.3, 0.4) is 0 Å². The number of anilines is 2. The molecule has 0 aromatic heterocycles. The van der Waals surface area contributed by atoms with E-state index in [0.29, 0.717) is 49.7 Å². The second-order valence-corrected chi connectivity index (χ2v) is 8.51. The molecule has 2 aromatic rings. The van der Waals surface area contributed by atoms with E-state index in [0.717, 1.165) is 5.69 Å². The van der Waals surface area contributed by atoms with E-state index in [9.17, 15) is 14.4 Å². The zero-order valence-corrected chi connectivity index (χ0v) is 19.5. The van der Waals surface area contributed by atoms with Crippen LogP contribution in [0.4, 0.5) is 16.2 Å². The average Bonchev–Trinajstić information content (AvgIpc) is 3.26. The number of benzene rings is 2. The van der Waals surface area contributed by atoms with Gasteiger partial charge in [-0.1, -0.05) is 18.2 Å². The lowest BCUT2D eigenvalue weighted by molar-refractivity contribution is -0.127. The third-order valence-electron chi connectivity index (χ3n) is 6.33. The summed E-state index contributed by atoms with van der Waals surface area (Å²) in [5.74, 6) is 0.475. The third-order valence-corrected chi connectivity index (χ3v) is 6.33. The van der Waals surface area contributed by atoms with Gasteiger partial charge in [0.15, 0.2) is 11.5 Å². The summed E-state index contributed by atoms with van der Waals surface area (Å²) in [6, 6.07) is 14.5. The number of hydrogen-bond acceptors (Lipinski definition) is 5. The Balaban J connectivity index is 1.28. The molecule has 180 valence electrons. The number of carbonyl (C=O) groups is 3. The Morgan fingerprint density at radius 2 is 1.68 bits per heavy atom. The number of piperidine rings is 1. The number of hydrogen-bond donors (Lipinski definition) is 2. The van der Waals surface area contributed by atoms with Crippen molar-refractivity contribution in [3.8, 4) is 11.5 Å². The summed E-state index contributed by atoms with van der Waals surface area (Å²) >= 11 is 0. The zero-order chi connectivity index (χ0) is 24.1. The molecule has 0 bridgehead atoms. The summed E-state index contributed by atoms with van der Waals surface area (Å²) in [4.78, 5) is 41.4. The maximum Gasteiger partial charge on any atom is 0.321 e. The molecule has 9 heteroatoms. The predicted octanol–water partition coefficient (Wildman–Crippen LogP) is 2.87. The molecule has 2 aromatic carbocycles. The van der Waals surface area contributed by atoms with E-state index in [2.05, 4.69) is 10.6 Å². The topological polar surface area (TPSA) is 100 Å². The SMILES string of the molecule is COc1ccc(N2CC(C(=O)NC3CCN(C(=O)Nc4ccccc4)CC3)CC2=O)cc1OC. The predicted molar refractivity (Wildman–Crippen MR) is 128 cm³/mol. The second-order valence-electron chi connectivity index (χ2n) is 8.51. The molecule has 0 spiro atoms. The quantitative estimate of drug-likeness (QED) is 0.682. The van der Waals surface area contributed by atoms with Crippen molar-refractivity contribution in [3.05, 3.63) is 48.5 Å². The van der Waals surface area contributed by atoms with E-state index in [4.69, 9.17) is 9.47 Å². The van der Waals surface area contributed by atoms with Crippen molar-refractivity contribution in [3.63, 3.8) is 0 Å². The van der Waals surface area contributed by atoms with Gasteiger partial charge < -0.3 is 29.9 Å². The molecule has 0 aliphatic carbocycles. The van der Waals surface area contributed by atoms with Crippen LogP contribution in [0, 0.1) is 5.92 Å². The van der Waals surface area contributed by atoms with E-state index < -0.39 is 5.92 Å². The van der Waals surface area contributed by atoms with Crippen LogP contribution < -0.4 is 25.0 Å². The van der Waals surface area contributed by atoms with Gasteiger partial charge in [-0.2, -0.15) is 0 Å². The molecule has 4 rings (SSSR count). The zero-order valence-electron chi connectivity index (χ0n) is 19.5. The lowest BCUT2D eigenvalue weighted by Gasteiger charge is -2.32. The van der Waals surface area contributed by atoms with Crippen LogP contribution in [0.25, 0.3) is 0 Å². The van der Waals surface area contributed by atoms with Gasteiger partial charge in [-0.15, -0.1) is 0 Å². The number of methoxy groups -OCH3 is 2. The standard InChI is InChI=1S/C25H30N4O5/c1-33-21-9-8-20(15-22(21)34-2)29-16-17(14-23(29)30)24(31)26-19-10-12-28(13-11-19)25(32)27-18-6-4-3-5-7-18/h3-9,15,17,19H,10-14,16H2,1-2H3,(H,26,31)(H,27,32). The number of urea groups is 1. The fourth-order valence-electron chi connectivity index (χ4n) is 4.40. The summed E-state index contributed by atoms with van der Waals surface area (Å²) in [6.07, 6.45) is 1.51. The fourth-order valence-corrected chi connectivity index (χ4v) is 4.40. The number of carbonyl (C=O) groups excluding carboxylic acids is 3. The van der Waals surface area contributed by atoms with E-state index in [1.54, 1.807) is 42.2 Å². The minimum Gasteiger partial charge on any atom is -0.493 e. The molecule has 0 saturated carbocycles. The van der Waals surface area contributed by atoms with Gasteiger partial charge in [-0.05, 0) is 37.1 Å². The molecule has 2 heterocycles. The van der Waals surface area contributed by atoms with Crippen molar-refractivity contribution in [1.29, 1.82) is 0 Å². The Labute approximate surface area is 199 Å². The van der Waals surface area contributed by atoms with Gasteiger partial charge in [0.25, 0.3) is 0 Å². The Kier molecular flexibility index (Phi) is 7.20. The van der Waals surface area contributed by atoms with Crippen molar-refractivity contribution in [2.24, 2.45) is 5.92 Å². The number of amides is 4. The molecule has 1 atom stereocenters. The smallest absolute Gasteiger partial charge is 0.321 e. The largest absolute Gasteiger partial charge is 0.493 e. The monoisotopic (exact) mass is 466 g/mol. The normalized spacial score (nSPS) is 18.5. The van der Waals surface area contributed by atoms with Crippen LogP contribution >= 0.6 is 0 Å². The van der Waals surface area contributed by atoms with Crippen molar-refractivity contribution in [2.75, 3.05) is 44.1 Å². The first-order valence-corrected chi connectivity index (χ1v) is 11.4.